The SMILES string of the molecule is CCN(CCO)CC1C(C)CC(C)CC1N. The molecule has 0 radical (unpaired) electrons. The lowest BCUT2D eigenvalue weighted by molar-refractivity contribution is 0.108. The molecular weight excluding hydrogens is 200 g/mol. The minimum absolute atomic E-state index is 0.251. The molecule has 1 saturated carbocycles. The van der Waals surface area contributed by atoms with Crippen molar-refractivity contribution in [3.63, 3.8) is 0 Å². The first kappa shape index (κ1) is 13.9. The molecule has 0 aromatic heterocycles. The van der Waals surface area contributed by atoms with Crippen LogP contribution in [0.15, 0.2) is 0 Å². The monoisotopic (exact) mass is 228 g/mol. The summed E-state index contributed by atoms with van der Waals surface area (Å²) in [6, 6.07) is 0.339. The van der Waals surface area contributed by atoms with E-state index >= 15 is 0 Å². The van der Waals surface area contributed by atoms with Gasteiger partial charge in [0.25, 0.3) is 0 Å². The number of aliphatic hydroxyl groups is 1. The maximum absolute atomic E-state index is 9.00. The molecule has 0 amide bonds. The van der Waals surface area contributed by atoms with Gasteiger partial charge in [0.1, 0.15) is 0 Å². The fourth-order valence-corrected chi connectivity index (χ4v) is 3.10. The minimum Gasteiger partial charge on any atom is -0.395 e. The zero-order valence-corrected chi connectivity index (χ0v) is 11.0. The van der Waals surface area contributed by atoms with Crippen molar-refractivity contribution in [2.75, 3.05) is 26.2 Å². The number of likely N-dealkylation sites (N-methyl/N-ethyl adjacent to an activating group) is 1. The Bertz CT molecular complexity index is 186. The molecule has 1 fully saturated rings. The van der Waals surface area contributed by atoms with E-state index < -0.39 is 0 Å². The van der Waals surface area contributed by atoms with Crippen molar-refractivity contribution in [3.8, 4) is 0 Å². The van der Waals surface area contributed by atoms with Crippen LogP contribution in [-0.4, -0.2) is 42.3 Å². The molecule has 3 nitrogen and oxygen atoms in total. The zero-order chi connectivity index (χ0) is 12.1. The summed E-state index contributed by atoms with van der Waals surface area (Å²) in [7, 11) is 0. The molecule has 3 heteroatoms. The Kier molecular flexibility index (Phi) is 5.73. The normalized spacial score (nSPS) is 35.6. The highest BCUT2D eigenvalue weighted by molar-refractivity contribution is 4.87. The molecule has 96 valence electrons. The second kappa shape index (κ2) is 6.58. The van der Waals surface area contributed by atoms with Crippen molar-refractivity contribution in [3.05, 3.63) is 0 Å². The molecule has 0 heterocycles. The Balaban J connectivity index is 2.50. The van der Waals surface area contributed by atoms with Crippen LogP contribution in [0.4, 0.5) is 0 Å². The summed E-state index contributed by atoms with van der Waals surface area (Å²) >= 11 is 0. The van der Waals surface area contributed by atoms with Crippen LogP contribution in [0.1, 0.15) is 33.6 Å². The van der Waals surface area contributed by atoms with Gasteiger partial charge in [0.15, 0.2) is 0 Å². The summed E-state index contributed by atoms with van der Waals surface area (Å²) in [5.74, 6) is 2.09. The van der Waals surface area contributed by atoms with E-state index in [9.17, 15) is 0 Å². The number of hydrogen-bond donors (Lipinski definition) is 2. The Morgan fingerprint density at radius 2 is 2.00 bits per heavy atom. The molecular formula is C13H28N2O. The first-order valence-corrected chi connectivity index (χ1v) is 6.67. The van der Waals surface area contributed by atoms with E-state index in [-0.39, 0.29) is 6.61 Å². The van der Waals surface area contributed by atoms with Crippen molar-refractivity contribution < 1.29 is 5.11 Å². The molecule has 0 aromatic rings. The van der Waals surface area contributed by atoms with Crippen molar-refractivity contribution in [1.82, 2.24) is 4.90 Å². The number of nitrogens with two attached hydrogens (primary N) is 1. The third-order valence-corrected chi connectivity index (χ3v) is 4.06. The first-order chi connectivity index (χ1) is 7.58. The Morgan fingerprint density at radius 1 is 1.31 bits per heavy atom. The van der Waals surface area contributed by atoms with Crippen LogP contribution in [0.3, 0.4) is 0 Å². The molecule has 0 aromatic carbocycles. The maximum Gasteiger partial charge on any atom is 0.0558 e. The van der Waals surface area contributed by atoms with Gasteiger partial charge in [0, 0.05) is 19.1 Å². The van der Waals surface area contributed by atoms with Crippen LogP contribution in [-0.2, 0) is 0 Å². The Morgan fingerprint density at radius 3 is 2.50 bits per heavy atom. The summed E-state index contributed by atoms with van der Waals surface area (Å²) in [5, 5.41) is 9.00. The van der Waals surface area contributed by atoms with Gasteiger partial charge in [-0.15, -0.1) is 0 Å². The lowest BCUT2D eigenvalue weighted by atomic mass is 9.72. The fraction of sp³-hybridized carbons (Fsp3) is 1.00. The van der Waals surface area contributed by atoms with Crippen LogP contribution >= 0.6 is 0 Å². The van der Waals surface area contributed by atoms with Crippen LogP contribution in [0.2, 0.25) is 0 Å². The fourth-order valence-electron chi connectivity index (χ4n) is 3.10. The van der Waals surface area contributed by atoms with E-state index in [1.54, 1.807) is 0 Å². The van der Waals surface area contributed by atoms with E-state index in [1.807, 2.05) is 0 Å². The minimum atomic E-state index is 0.251. The van der Waals surface area contributed by atoms with E-state index in [4.69, 9.17) is 10.8 Å². The highest BCUT2D eigenvalue weighted by Gasteiger charge is 2.32. The van der Waals surface area contributed by atoms with Gasteiger partial charge >= 0.3 is 0 Å². The van der Waals surface area contributed by atoms with Gasteiger partial charge in [0.2, 0.25) is 0 Å². The number of hydrogen-bond acceptors (Lipinski definition) is 3. The van der Waals surface area contributed by atoms with E-state index in [1.165, 1.54) is 6.42 Å². The van der Waals surface area contributed by atoms with Crippen molar-refractivity contribution in [2.24, 2.45) is 23.5 Å². The van der Waals surface area contributed by atoms with Gasteiger partial charge in [-0.05, 0) is 37.1 Å². The van der Waals surface area contributed by atoms with Crippen LogP contribution in [0.25, 0.3) is 0 Å². The summed E-state index contributed by atoms with van der Waals surface area (Å²) in [4.78, 5) is 2.32. The molecule has 0 spiro atoms. The third kappa shape index (κ3) is 3.72. The second-order valence-electron chi connectivity index (χ2n) is 5.50. The average Bonchev–Trinajstić information content (AvgIpc) is 2.21. The number of nitrogens with zero attached hydrogens (tertiary/aromatic N) is 1. The van der Waals surface area contributed by atoms with Gasteiger partial charge in [0.05, 0.1) is 6.61 Å². The summed E-state index contributed by atoms with van der Waals surface area (Å²) in [6.45, 7) is 9.86. The highest BCUT2D eigenvalue weighted by Crippen LogP contribution is 2.33. The molecule has 3 N–H and O–H groups in total. The van der Waals surface area contributed by atoms with Gasteiger partial charge < -0.3 is 15.7 Å². The van der Waals surface area contributed by atoms with Crippen LogP contribution in [0, 0.1) is 17.8 Å². The predicted octanol–water partition coefficient (Wildman–Crippen LogP) is 1.31. The standard InChI is InChI=1S/C13H28N2O/c1-4-15(5-6-16)9-12-11(3)7-10(2)8-13(12)14/h10-13,16H,4-9,14H2,1-3H3. The molecule has 0 bridgehead atoms. The third-order valence-electron chi connectivity index (χ3n) is 4.06. The summed E-state index contributed by atoms with van der Waals surface area (Å²) in [6.07, 6.45) is 2.46. The summed E-state index contributed by atoms with van der Waals surface area (Å²) < 4.78 is 0. The van der Waals surface area contributed by atoms with Gasteiger partial charge in [-0.1, -0.05) is 20.8 Å². The molecule has 1 aliphatic rings. The predicted molar refractivity (Wildman–Crippen MR) is 68.2 cm³/mol. The van der Waals surface area contributed by atoms with Crippen molar-refractivity contribution >= 4 is 0 Å². The van der Waals surface area contributed by atoms with Crippen LogP contribution < -0.4 is 5.73 Å². The molecule has 4 atom stereocenters. The molecule has 1 rings (SSSR count). The average molecular weight is 228 g/mol. The van der Waals surface area contributed by atoms with Crippen molar-refractivity contribution in [2.45, 2.75) is 39.7 Å². The smallest absolute Gasteiger partial charge is 0.0558 e. The summed E-state index contributed by atoms with van der Waals surface area (Å²) in [5.41, 5.74) is 6.27. The van der Waals surface area contributed by atoms with E-state index in [0.29, 0.717) is 17.9 Å². The topological polar surface area (TPSA) is 49.5 Å². The van der Waals surface area contributed by atoms with E-state index in [0.717, 1.165) is 32.0 Å². The van der Waals surface area contributed by atoms with Crippen molar-refractivity contribution in [1.29, 1.82) is 0 Å². The molecule has 4 unspecified atom stereocenters. The first-order valence-electron chi connectivity index (χ1n) is 6.67. The maximum atomic E-state index is 9.00. The van der Waals surface area contributed by atoms with Gasteiger partial charge in [-0.3, -0.25) is 0 Å². The molecule has 16 heavy (non-hydrogen) atoms. The lowest BCUT2D eigenvalue weighted by Crippen LogP contribution is -2.47. The zero-order valence-electron chi connectivity index (χ0n) is 11.0. The lowest BCUT2D eigenvalue weighted by Gasteiger charge is -2.40. The number of aliphatic hydroxyl groups excluding tert-OH is 1. The largest absolute Gasteiger partial charge is 0.395 e. The molecule has 1 aliphatic carbocycles. The quantitative estimate of drug-likeness (QED) is 0.746. The Hall–Kier alpha value is -0.120. The number of rotatable bonds is 5. The Labute approximate surface area is 100 Å². The molecule has 0 aliphatic heterocycles. The van der Waals surface area contributed by atoms with E-state index in [2.05, 4.69) is 25.7 Å². The van der Waals surface area contributed by atoms with Crippen LogP contribution in [0.5, 0.6) is 0 Å². The van der Waals surface area contributed by atoms with Gasteiger partial charge in [-0.25, -0.2) is 0 Å². The highest BCUT2D eigenvalue weighted by atomic mass is 16.3. The van der Waals surface area contributed by atoms with Gasteiger partial charge in [-0.2, -0.15) is 0 Å². The molecule has 0 saturated heterocycles. The second-order valence-corrected chi connectivity index (χ2v) is 5.50.